The van der Waals surface area contributed by atoms with Crippen molar-refractivity contribution in [3.8, 4) is 0 Å². The molecule has 1 atom stereocenters. The third-order valence-electron chi connectivity index (χ3n) is 2.68. The molecule has 16 heavy (non-hydrogen) atoms. The van der Waals surface area contributed by atoms with Crippen LogP contribution in [0.3, 0.4) is 0 Å². The number of hydrogen-bond acceptors (Lipinski definition) is 3. The molecular formula is C12H17N3S. The van der Waals surface area contributed by atoms with E-state index in [1.54, 1.807) is 11.3 Å². The average molecular weight is 235 g/mol. The van der Waals surface area contributed by atoms with Crippen LogP contribution in [0.15, 0.2) is 18.3 Å². The molecule has 0 saturated heterocycles. The van der Waals surface area contributed by atoms with Crippen LogP contribution < -0.4 is 5.73 Å². The van der Waals surface area contributed by atoms with E-state index in [4.69, 9.17) is 5.73 Å². The van der Waals surface area contributed by atoms with Gasteiger partial charge in [0.2, 0.25) is 0 Å². The summed E-state index contributed by atoms with van der Waals surface area (Å²) in [5, 5.41) is 4.42. The highest BCUT2D eigenvalue weighted by Crippen LogP contribution is 2.27. The van der Waals surface area contributed by atoms with Crippen LogP contribution in [0.5, 0.6) is 0 Å². The minimum absolute atomic E-state index is 0.0395. The molecule has 4 heteroatoms. The Bertz CT molecular complexity index is 484. The van der Waals surface area contributed by atoms with Crippen molar-refractivity contribution >= 4 is 11.3 Å². The Morgan fingerprint density at radius 1 is 1.50 bits per heavy atom. The Hall–Kier alpha value is -1.13. The summed E-state index contributed by atoms with van der Waals surface area (Å²) in [6, 6.07) is 4.18. The quantitative estimate of drug-likeness (QED) is 0.887. The molecule has 0 amide bonds. The van der Waals surface area contributed by atoms with Crippen molar-refractivity contribution in [2.24, 2.45) is 12.8 Å². The zero-order valence-corrected chi connectivity index (χ0v) is 10.7. The van der Waals surface area contributed by atoms with Gasteiger partial charge in [0.25, 0.3) is 0 Å². The monoisotopic (exact) mass is 235 g/mol. The molecule has 3 nitrogen and oxygen atoms in total. The first-order valence-corrected chi connectivity index (χ1v) is 6.27. The van der Waals surface area contributed by atoms with Gasteiger partial charge >= 0.3 is 0 Å². The molecule has 2 aromatic rings. The van der Waals surface area contributed by atoms with E-state index < -0.39 is 0 Å². The van der Waals surface area contributed by atoms with Crippen LogP contribution in [0.2, 0.25) is 0 Å². The first kappa shape index (κ1) is 11.4. The largest absolute Gasteiger partial charge is 0.320 e. The number of thiophene rings is 1. The van der Waals surface area contributed by atoms with Crippen LogP contribution in [-0.4, -0.2) is 9.78 Å². The smallest absolute Gasteiger partial charge is 0.0679 e. The number of aryl methyl sites for hydroxylation is 3. The second kappa shape index (κ2) is 4.39. The fraction of sp³-hybridized carbons (Fsp3) is 0.417. The summed E-state index contributed by atoms with van der Waals surface area (Å²) < 4.78 is 1.84. The molecule has 2 heterocycles. The average Bonchev–Trinajstić information content (AvgIpc) is 2.83. The van der Waals surface area contributed by atoms with E-state index in [2.05, 4.69) is 31.1 Å². The Labute approximate surface area is 99.9 Å². The highest BCUT2D eigenvalue weighted by Gasteiger charge is 2.16. The van der Waals surface area contributed by atoms with E-state index in [9.17, 15) is 0 Å². The van der Waals surface area contributed by atoms with Crippen molar-refractivity contribution in [3.05, 3.63) is 39.3 Å². The number of hydrogen-bond donors (Lipinski definition) is 1. The molecule has 2 aromatic heterocycles. The molecule has 0 aliphatic carbocycles. The van der Waals surface area contributed by atoms with Gasteiger partial charge in [-0.3, -0.25) is 4.68 Å². The first-order chi connectivity index (χ1) is 7.61. The van der Waals surface area contributed by atoms with Crippen molar-refractivity contribution in [2.75, 3.05) is 0 Å². The molecule has 0 aromatic carbocycles. The van der Waals surface area contributed by atoms with Gasteiger partial charge < -0.3 is 5.73 Å². The van der Waals surface area contributed by atoms with Crippen LogP contribution in [0.25, 0.3) is 0 Å². The second-order valence-electron chi connectivity index (χ2n) is 3.98. The van der Waals surface area contributed by atoms with Gasteiger partial charge in [-0.2, -0.15) is 5.10 Å². The van der Waals surface area contributed by atoms with E-state index in [1.165, 1.54) is 9.75 Å². The van der Waals surface area contributed by atoms with Crippen molar-refractivity contribution in [3.63, 3.8) is 0 Å². The van der Waals surface area contributed by atoms with E-state index in [0.717, 1.165) is 17.7 Å². The molecule has 1 unspecified atom stereocenters. The zero-order chi connectivity index (χ0) is 11.7. The summed E-state index contributed by atoms with van der Waals surface area (Å²) in [6.45, 7) is 4.21. The molecular weight excluding hydrogens is 218 g/mol. The fourth-order valence-electron chi connectivity index (χ4n) is 1.86. The lowest BCUT2D eigenvalue weighted by molar-refractivity contribution is 0.746. The molecule has 0 aliphatic heterocycles. The van der Waals surface area contributed by atoms with Crippen molar-refractivity contribution in [1.82, 2.24) is 9.78 Å². The van der Waals surface area contributed by atoms with Crippen LogP contribution in [0.1, 0.15) is 34.0 Å². The van der Waals surface area contributed by atoms with Gasteiger partial charge in [-0.25, -0.2) is 0 Å². The van der Waals surface area contributed by atoms with E-state index in [1.807, 2.05) is 17.9 Å². The lowest BCUT2D eigenvalue weighted by atomic mass is 10.1. The summed E-state index contributed by atoms with van der Waals surface area (Å²) >= 11 is 1.76. The van der Waals surface area contributed by atoms with E-state index >= 15 is 0 Å². The predicted octanol–water partition coefficient (Wildman–Crippen LogP) is 2.40. The number of nitrogens with zero attached hydrogens (tertiary/aromatic N) is 2. The molecule has 0 aliphatic rings. The lowest BCUT2D eigenvalue weighted by Gasteiger charge is -2.08. The third kappa shape index (κ3) is 2.03. The Morgan fingerprint density at radius 3 is 2.81 bits per heavy atom. The van der Waals surface area contributed by atoms with Gasteiger partial charge in [-0.1, -0.05) is 6.92 Å². The summed E-state index contributed by atoms with van der Waals surface area (Å²) in [6.07, 6.45) is 2.95. The third-order valence-corrected chi connectivity index (χ3v) is 3.76. The Morgan fingerprint density at radius 2 is 2.25 bits per heavy atom. The van der Waals surface area contributed by atoms with Crippen LogP contribution >= 0.6 is 11.3 Å². The van der Waals surface area contributed by atoms with Gasteiger partial charge in [0.15, 0.2) is 0 Å². The van der Waals surface area contributed by atoms with Crippen molar-refractivity contribution in [1.29, 1.82) is 0 Å². The maximum atomic E-state index is 6.28. The molecule has 0 fully saturated rings. The molecule has 0 spiro atoms. The summed E-state index contributed by atoms with van der Waals surface area (Å²) in [5.41, 5.74) is 8.52. The van der Waals surface area contributed by atoms with Crippen LogP contribution in [0.4, 0.5) is 0 Å². The van der Waals surface area contributed by atoms with Gasteiger partial charge in [-0.15, -0.1) is 11.3 Å². The van der Waals surface area contributed by atoms with Gasteiger partial charge in [0, 0.05) is 28.6 Å². The molecule has 2 rings (SSSR count). The topological polar surface area (TPSA) is 43.8 Å². The van der Waals surface area contributed by atoms with E-state index in [-0.39, 0.29) is 6.04 Å². The van der Waals surface area contributed by atoms with Crippen LogP contribution in [-0.2, 0) is 13.5 Å². The van der Waals surface area contributed by atoms with Crippen molar-refractivity contribution in [2.45, 2.75) is 26.3 Å². The van der Waals surface area contributed by atoms with E-state index in [0.29, 0.717) is 0 Å². The molecule has 2 N–H and O–H groups in total. The number of nitrogens with two attached hydrogens (primary N) is 1. The maximum Gasteiger partial charge on any atom is 0.0679 e. The lowest BCUT2D eigenvalue weighted by Crippen LogP contribution is -2.11. The second-order valence-corrected chi connectivity index (χ2v) is 5.30. The molecule has 0 bridgehead atoms. The zero-order valence-electron chi connectivity index (χ0n) is 9.90. The minimum atomic E-state index is -0.0395. The normalized spacial score (nSPS) is 13.0. The predicted molar refractivity (Wildman–Crippen MR) is 67.7 cm³/mol. The SMILES string of the molecule is CCc1nn(C)cc1C(N)c1ccc(C)s1. The highest BCUT2D eigenvalue weighted by molar-refractivity contribution is 7.12. The Balaban J connectivity index is 2.36. The standard InChI is InChI=1S/C12H17N3S/c1-4-10-9(7-15(3)14-10)12(13)11-6-5-8(2)16-11/h5-7,12H,4,13H2,1-3H3. The minimum Gasteiger partial charge on any atom is -0.320 e. The molecule has 0 saturated carbocycles. The summed E-state index contributed by atoms with van der Waals surface area (Å²) in [5.74, 6) is 0. The molecule has 86 valence electrons. The Kier molecular flexibility index (Phi) is 3.12. The number of rotatable bonds is 3. The van der Waals surface area contributed by atoms with Gasteiger partial charge in [0.1, 0.15) is 0 Å². The highest BCUT2D eigenvalue weighted by atomic mass is 32.1. The van der Waals surface area contributed by atoms with Crippen molar-refractivity contribution < 1.29 is 0 Å². The van der Waals surface area contributed by atoms with Gasteiger partial charge in [0.05, 0.1) is 11.7 Å². The number of aromatic nitrogens is 2. The first-order valence-electron chi connectivity index (χ1n) is 5.46. The summed E-state index contributed by atoms with van der Waals surface area (Å²) in [7, 11) is 1.94. The van der Waals surface area contributed by atoms with Crippen LogP contribution in [0, 0.1) is 6.92 Å². The maximum absolute atomic E-state index is 6.28. The molecule has 0 radical (unpaired) electrons. The fourth-order valence-corrected chi connectivity index (χ4v) is 2.76. The van der Waals surface area contributed by atoms with Gasteiger partial charge in [-0.05, 0) is 25.5 Å². The summed E-state index contributed by atoms with van der Waals surface area (Å²) in [4.78, 5) is 2.51.